The second-order valence-electron chi connectivity index (χ2n) is 6.81. The molecule has 0 N–H and O–H groups in total. The van der Waals surface area contributed by atoms with Gasteiger partial charge in [-0.05, 0) is 24.6 Å². The second kappa shape index (κ2) is 5.62. The Hall–Kier alpha value is -0.910. The van der Waals surface area contributed by atoms with Gasteiger partial charge in [-0.15, -0.1) is 11.8 Å². The van der Waals surface area contributed by atoms with E-state index in [1.807, 2.05) is 24.0 Å². The summed E-state index contributed by atoms with van der Waals surface area (Å²) in [6.45, 7) is 8.96. The van der Waals surface area contributed by atoms with Crippen LogP contribution in [0.25, 0.3) is 0 Å². The molecule has 2 aliphatic rings. The Balaban J connectivity index is 2.08. The van der Waals surface area contributed by atoms with Gasteiger partial charge in [0.1, 0.15) is 16.5 Å². The van der Waals surface area contributed by atoms with Crippen LogP contribution in [0.5, 0.6) is 0 Å². The van der Waals surface area contributed by atoms with Gasteiger partial charge >= 0.3 is 0 Å². The fraction of sp³-hybridized carbons (Fsp3) is 0.529. The molecule has 3 atom stereocenters. The second-order valence-corrected chi connectivity index (χ2v) is 8.45. The van der Waals surface area contributed by atoms with Gasteiger partial charge in [-0.25, -0.2) is 0 Å². The molecule has 1 saturated heterocycles. The number of hydrogen-bond donors (Lipinski definition) is 0. The maximum Gasteiger partial charge on any atom is 0.138 e. The highest BCUT2D eigenvalue weighted by Crippen LogP contribution is 2.54. The number of ether oxygens (including phenoxy) is 1. The molecule has 3 rings (SSSR count). The average Bonchev–Trinajstić information content (AvgIpc) is 2.47. The first-order chi connectivity index (χ1) is 10.4. The minimum atomic E-state index is 0.0247. The van der Waals surface area contributed by atoms with Crippen LogP contribution in [0.3, 0.4) is 0 Å². The van der Waals surface area contributed by atoms with Gasteiger partial charge in [0.2, 0.25) is 0 Å². The zero-order valence-corrected chi connectivity index (χ0v) is 15.3. The lowest BCUT2D eigenvalue weighted by molar-refractivity contribution is 0.0716. The monoisotopic (exact) mass is 334 g/mol. The van der Waals surface area contributed by atoms with Gasteiger partial charge in [0.05, 0.1) is 10.9 Å². The van der Waals surface area contributed by atoms with Crippen molar-refractivity contribution in [3.63, 3.8) is 0 Å². The first-order valence-corrected chi connectivity index (χ1v) is 8.85. The number of pyridine rings is 1. The maximum absolute atomic E-state index is 5.60. The van der Waals surface area contributed by atoms with Crippen molar-refractivity contribution in [1.29, 1.82) is 0 Å². The van der Waals surface area contributed by atoms with Crippen molar-refractivity contribution in [2.75, 3.05) is 7.11 Å². The quantitative estimate of drug-likeness (QED) is 0.756. The average molecular weight is 335 g/mol. The molecule has 3 heterocycles. The van der Waals surface area contributed by atoms with E-state index in [2.05, 4.69) is 49.7 Å². The zero-order chi connectivity index (χ0) is 16.1. The fourth-order valence-corrected chi connectivity index (χ4v) is 5.54. The van der Waals surface area contributed by atoms with Crippen LogP contribution in [0.1, 0.15) is 38.6 Å². The van der Waals surface area contributed by atoms with E-state index < -0.39 is 0 Å². The highest BCUT2D eigenvalue weighted by atomic mass is 32.2. The minimum Gasteiger partial charge on any atom is -0.371 e. The molecule has 0 aromatic carbocycles. The Morgan fingerprint density at radius 3 is 2.59 bits per heavy atom. The van der Waals surface area contributed by atoms with Gasteiger partial charge in [-0.1, -0.05) is 39.1 Å². The summed E-state index contributed by atoms with van der Waals surface area (Å²) in [5.74, 6) is 0. The number of hydrogen-bond acceptors (Lipinski definition) is 4. The fourth-order valence-electron chi connectivity index (χ4n) is 3.36. The third-order valence-electron chi connectivity index (χ3n) is 4.20. The topological polar surface area (TPSA) is 25.4 Å². The van der Waals surface area contributed by atoms with Crippen molar-refractivity contribution < 1.29 is 4.74 Å². The lowest BCUT2D eigenvalue weighted by Crippen LogP contribution is -2.65. The number of thiocarbonyl (C=S) groups is 1. The van der Waals surface area contributed by atoms with Gasteiger partial charge in [0.15, 0.2) is 0 Å². The summed E-state index contributed by atoms with van der Waals surface area (Å²) in [6, 6.07) is 6.12. The number of fused-ring (bicyclic) bond motifs is 1. The SMILES string of the molecule is CO[C@H]1C(=S)N2C(C(C)(C)C)=C(C)C(c3ccccn3)S[C@H]12. The highest BCUT2D eigenvalue weighted by molar-refractivity contribution is 8.00. The molecule has 0 spiro atoms. The molecular formula is C17H22N2OS2. The molecule has 2 aliphatic heterocycles. The van der Waals surface area contributed by atoms with Gasteiger partial charge in [0.25, 0.3) is 0 Å². The molecule has 118 valence electrons. The van der Waals surface area contributed by atoms with E-state index in [0.717, 1.165) is 10.7 Å². The molecule has 1 aromatic heterocycles. The van der Waals surface area contributed by atoms with Gasteiger partial charge < -0.3 is 9.64 Å². The summed E-state index contributed by atoms with van der Waals surface area (Å²) in [5, 5.41) is 0.514. The first kappa shape index (κ1) is 16.0. The van der Waals surface area contributed by atoms with Crippen LogP contribution >= 0.6 is 24.0 Å². The van der Waals surface area contributed by atoms with E-state index >= 15 is 0 Å². The Labute approximate surface area is 142 Å². The Morgan fingerprint density at radius 1 is 1.32 bits per heavy atom. The predicted octanol–water partition coefficient (Wildman–Crippen LogP) is 4.17. The molecule has 1 unspecified atom stereocenters. The summed E-state index contributed by atoms with van der Waals surface area (Å²) in [7, 11) is 1.74. The maximum atomic E-state index is 5.60. The van der Waals surface area contributed by atoms with Crippen LogP contribution in [-0.2, 0) is 4.74 Å². The summed E-state index contributed by atoms with van der Waals surface area (Å²) in [5.41, 5.74) is 3.83. The van der Waals surface area contributed by atoms with E-state index in [1.165, 1.54) is 11.3 Å². The minimum absolute atomic E-state index is 0.0247. The molecule has 0 bridgehead atoms. The van der Waals surface area contributed by atoms with Gasteiger partial charge in [-0.3, -0.25) is 4.98 Å². The number of aromatic nitrogens is 1. The Bertz CT molecular complexity index is 621. The third-order valence-corrected chi connectivity index (χ3v) is 6.23. The van der Waals surface area contributed by atoms with Crippen LogP contribution < -0.4 is 0 Å². The van der Waals surface area contributed by atoms with Crippen molar-refractivity contribution in [2.24, 2.45) is 5.41 Å². The predicted molar refractivity (Wildman–Crippen MR) is 95.7 cm³/mol. The van der Waals surface area contributed by atoms with Crippen LogP contribution in [0, 0.1) is 5.41 Å². The van der Waals surface area contributed by atoms with E-state index in [4.69, 9.17) is 17.0 Å². The van der Waals surface area contributed by atoms with E-state index in [-0.39, 0.29) is 22.1 Å². The molecule has 0 saturated carbocycles. The summed E-state index contributed by atoms with van der Waals surface area (Å²) >= 11 is 7.49. The van der Waals surface area contributed by atoms with Crippen molar-refractivity contribution in [2.45, 2.75) is 44.4 Å². The number of allylic oxidation sites excluding steroid dienone is 1. The molecule has 5 heteroatoms. The van der Waals surface area contributed by atoms with Gasteiger partial charge in [0, 0.05) is 24.4 Å². The van der Waals surface area contributed by atoms with Crippen molar-refractivity contribution in [3.05, 3.63) is 41.4 Å². The third kappa shape index (κ3) is 2.39. The highest BCUT2D eigenvalue weighted by Gasteiger charge is 2.53. The van der Waals surface area contributed by atoms with E-state index in [1.54, 1.807) is 7.11 Å². The lowest BCUT2D eigenvalue weighted by atomic mass is 9.84. The molecule has 1 aromatic rings. The molecule has 0 aliphatic carbocycles. The van der Waals surface area contributed by atoms with Gasteiger partial charge in [-0.2, -0.15) is 0 Å². The number of methoxy groups -OCH3 is 1. The molecule has 0 radical (unpaired) electrons. The lowest BCUT2D eigenvalue weighted by Gasteiger charge is -2.56. The molecular weight excluding hydrogens is 312 g/mol. The number of rotatable bonds is 2. The zero-order valence-electron chi connectivity index (χ0n) is 13.7. The summed E-state index contributed by atoms with van der Waals surface area (Å²) in [6.07, 6.45) is 1.89. The van der Waals surface area contributed by atoms with Crippen molar-refractivity contribution in [1.82, 2.24) is 9.88 Å². The Morgan fingerprint density at radius 2 is 2.05 bits per heavy atom. The smallest absolute Gasteiger partial charge is 0.138 e. The van der Waals surface area contributed by atoms with Crippen LogP contribution in [0.2, 0.25) is 0 Å². The van der Waals surface area contributed by atoms with Crippen LogP contribution in [0.15, 0.2) is 35.7 Å². The number of nitrogens with zero attached hydrogens (tertiary/aromatic N) is 2. The molecule has 22 heavy (non-hydrogen) atoms. The normalized spacial score (nSPS) is 28.5. The summed E-state index contributed by atoms with van der Waals surface area (Å²) < 4.78 is 5.60. The number of thioether (sulfide) groups is 1. The van der Waals surface area contributed by atoms with Crippen LogP contribution in [-0.4, -0.2) is 33.5 Å². The molecule has 1 fully saturated rings. The Kier molecular flexibility index (Phi) is 4.08. The first-order valence-electron chi connectivity index (χ1n) is 7.49. The largest absolute Gasteiger partial charge is 0.371 e. The van der Waals surface area contributed by atoms with E-state index in [0.29, 0.717) is 0 Å². The molecule has 3 nitrogen and oxygen atoms in total. The van der Waals surface area contributed by atoms with E-state index in [9.17, 15) is 0 Å². The van der Waals surface area contributed by atoms with Crippen LogP contribution in [0.4, 0.5) is 0 Å². The summed E-state index contributed by atoms with van der Waals surface area (Å²) in [4.78, 5) is 7.78. The van der Waals surface area contributed by atoms with Crippen molar-refractivity contribution in [3.8, 4) is 0 Å². The standard InChI is InChI=1S/C17H22N2OS2/c1-10-13(11-8-6-7-9-18-11)22-16-12(20-5)15(21)19(16)14(10)17(2,3)4/h6-9,12-13,16H,1-5H3/t12-,13?,16+/m0/s1. The molecule has 0 amide bonds. The van der Waals surface area contributed by atoms with Crippen molar-refractivity contribution >= 4 is 29.0 Å².